The quantitative estimate of drug-likeness (QED) is 0.841. The van der Waals surface area contributed by atoms with Gasteiger partial charge in [0.05, 0.1) is 17.1 Å². The zero-order chi connectivity index (χ0) is 13.9. The molecule has 0 radical (unpaired) electrons. The van der Waals surface area contributed by atoms with E-state index < -0.39 is 16.0 Å². The summed E-state index contributed by atoms with van der Waals surface area (Å²) in [5.41, 5.74) is 0.521. The summed E-state index contributed by atoms with van der Waals surface area (Å²) in [4.78, 5) is 18.2. The third-order valence-electron chi connectivity index (χ3n) is 2.18. The minimum atomic E-state index is -3.73. The smallest absolute Gasteiger partial charge is 0.345 e. The summed E-state index contributed by atoms with van der Waals surface area (Å²) in [5.74, 6) is -1.15. The van der Waals surface area contributed by atoms with Crippen LogP contribution in [0, 0.1) is 0 Å². The highest BCUT2D eigenvalue weighted by Crippen LogP contribution is 2.19. The Morgan fingerprint density at radius 2 is 2.26 bits per heavy atom. The summed E-state index contributed by atoms with van der Waals surface area (Å²) in [7, 11) is -3.73. The van der Waals surface area contributed by atoms with Gasteiger partial charge in [-0.1, -0.05) is 0 Å². The maximum absolute atomic E-state index is 11.9. The van der Waals surface area contributed by atoms with Crippen molar-refractivity contribution in [3.63, 3.8) is 0 Å². The monoisotopic (exact) mass is 299 g/mol. The van der Waals surface area contributed by atoms with Crippen LogP contribution < -0.4 is 4.72 Å². The van der Waals surface area contributed by atoms with Crippen LogP contribution in [0.25, 0.3) is 0 Å². The van der Waals surface area contributed by atoms with Gasteiger partial charge in [0.15, 0.2) is 0 Å². The predicted octanol–water partition coefficient (Wildman–Crippen LogP) is 0.715. The molecule has 9 heteroatoms. The Bertz CT molecular complexity index is 682. The Labute approximate surface area is 113 Å². The van der Waals surface area contributed by atoms with Crippen LogP contribution >= 0.6 is 11.3 Å². The van der Waals surface area contributed by atoms with Crippen molar-refractivity contribution in [2.75, 3.05) is 0 Å². The molecule has 0 aromatic carbocycles. The highest BCUT2D eigenvalue weighted by Gasteiger charge is 2.18. The maximum Gasteiger partial charge on any atom is 0.345 e. The van der Waals surface area contributed by atoms with Gasteiger partial charge in [-0.15, -0.1) is 11.3 Å². The minimum absolute atomic E-state index is 0.0170. The number of sulfonamides is 1. The number of hydrogen-bond acceptors (Lipinski definition) is 6. The number of carboxylic acids is 1. The van der Waals surface area contributed by atoms with Gasteiger partial charge in [-0.3, -0.25) is 0 Å². The molecule has 19 heavy (non-hydrogen) atoms. The fourth-order valence-electron chi connectivity index (χ4n) is 1.25. The minimum Gasteiger partial charge on any atom is -0.477 e. The van der Waals surface area contributed by atoms with Crippen molar-refractivity contribution in [2.24, 2.45) is 0 Å². The molecule has 0 atom stereocenters. The van der Waals surface area contributed by atoms with Gasteiger partial charge in [-0.2, -0.15) is 0 Å². The lowest BCUT2D eigenvalue weighted by molar-refractivity contribution is 0.0702. The molecule has 2 N–H and O–H groups in total. The fourth-order valence-corrected chi connectivity index (χ4v) is 3.36. The Morgan fingerprint density at radius 3 is 2.84 bits per heavy atom. The largest absolute Gasteiger partial charge is 0.477 e. The molecule has 0 aliphatic rings. The van der Waals surface area contributed by atoms with Crippen molar-refractivity contribution in [1.29, 1.82) is 0 Å². The molecule has 0 spiro atoms. The van der Waals surface area contributed by atoms with Crippen LogP contribution in [0.1, 0.15) is 15.4 Å². The molecule has 0 aliphatic heterocycles. The van der Waals surface area contributed by atoms with Crippen molar-refractivity contribution in [2.45, 2.75) is 11.4 Å². The van der Waals surface area contributed by atoms with E-state index in [1.54, 1.807) is 6.07 Å². The van der Waals surface area contributed by atoms with Crippen LogP contribution in [0.2, 0.25) is 0 Å². The van der Waals surface area contributed by atoms with E-state index in [1.165, 1.54) is 17.9 Å². The molecule has 0 bridgehead atoms. The summed E-state index contributed by atoms with van der Waals surface area (Å²) in [6.07, 6.45) is 2.82. The molecular formula is C10H9N3O4S2. The maximum atomic E-state index is 11.9. The first-order chi connectivity index (χ1) is 8.99. The molecule has 0 amide bonds. The van der Waals surface area contributed by atoms with Crippen LogP contribution in [0.15, 0.2) is 34.9 Å². The Kier molecular flexibility index (Phi) is 3.88. The van der Waals surface area contributed by atoms with Crippen molar-refractivity contribution in [1.82, 2.24) is 14.7 Å². The summed E-state index contributed by atoms with van der Waals surface area (Å²) in [5, 5.41) is 10.0. The topological polar surface area (TPSA) is 109 Å². The fraction of sp³-hybridized carbons (Fsp3) is 0.100. The van der Waals surface area contributed by atoms with Crippen LogP contribution in [0.5, 0.6) is 0 Å². The van der Waals surface area contributed by atoms with Crippen molar-refractivity contribution in [3.05, 3.63) is 40.6 Å². The molecular weight excluding hydrogens is 290 g/mol. The number of aromatic carboxylic acids is 1. The standard InChI is InChI=1S/C10H9N3O4S2/c14-10(15)9-3-8(5-18-9)19(16,17)13-4-7-1-2-11-6-12-7/h1-3,5-6,13H,4H2,(H,14,15). The number of hydrogen-bond donors (Lipinski definition) is 2. The molecule has 2 aromatic heterocycles. The average molecular weight is 299 g/mol. The SMILES string of the molecule is O=C(O)c1cc(S(=O)(=O)NCc2ccncn2)cs1. The van der Waals surface area contributed by atoms with Gasteiger partial charge < -0.3 is 5.11 Å². The molecule has 0 unspecified atom stereocenters. The summed E-state index contributed by atoms with van der Waals surface area (Å²) >= 11 is 0.862. The van der Waals surface area contributed by atoms with E-state index in [1.807, 2.05) is 0 Å². The number of nitrogens with zero attached hydrogens (tertiary/aromatic N) is 2. The number of thiophene rings is 1. The van der Waals surface area contributed by atoms with E-state index in [0.717, 1.165) is 17.4 Å². The normalized spacial score (nSPS) is 11.4. The molecule has 2 heterocycles. The Morgan fingerprint density at radius 1 is 1.47 bits per heavy atom. The number of carboxylic acid groups (broad SMARTS) is 1. The van der Waals surface area contributed by atoms with Crippen LogP contribution in [-0.2, 0) is 16.6 Å². The molecule has 100 valence electrons. The van der Waals surface area contributed by atoms with E-state index in [0.29, 0.717) is 5.69 Å². The Balaban J connectivity index is 2.12. The lowest BCUT2D eigenvalue weighted by Crippen LogP contribution is -2.23. The predicted molar refractivity (Wildman–Crippen MR) is 67.3 cm³/mol. The van der Waals surface area contributed by atoms with Crippen molar-refractivity contribution in [3.8, 4) is 0 Å². The number of aromatic nitrogens is 2. The van der Waals surface area contributed by atoms with Gasteiger partial charge in [-0.05, 0) is 12.1 Å². The van der Waals surface area contributed by atoms with Crippen LogP contribution in [0.3, 0.4) is 0 Å². The van der Waals surface area contributed by atoms with Gasteiger partial charge in [0.1, 0.15) is 11.2 Å². The molecule has 2 aromatic rings. The molecule has 0 saturated heterocycles. The zero-order valence-electron chi connectivity index (χ0n) is 9.48. The summed E-state index contributed by atoms with van der Waals surface area (Å²) in [6, 6.07) is 2.70. The number of nitrogens with one attached hydrogen (secondary N) is 1. The second-order valence-electron chi connectivity index (χ2n) is 3.48. The first-order valence-corrected chi connectivity index (χ1v) is 7.42. The summed E-state index contributed by atoms with van der Waals surface area (Å²) < 4.78 is 26.1. The van der Waals surface area contributed by atoms with Crippen molar-refractivity contribution < 1.29 is 18.3 Å². The van der Waals surface area contributed by atoms with E-state index in [-0.39, 0.29) is 16.3 Å². The van der Waals surface area contributed by atoms with Crippen LogP contribution in [-0.4, -0.2) is 29.5 Å². The highest BCUT2D eigenvalue weighted by atomic mass is 32.2. The van der Waals surface area contributed by atoms with Crippen molar-refractivity contribution >= 4 is 27.3 Å². The van der Waals surface area contributed by atoms with Gasteiger partial charge in [0, 0.05) is 11.6 Å². The van der Waals surface area contributed by atoms with E-state index >= 15 is 0 Å². The highest BCUT2D eigenvalue weighted by molar-refractivity contribution is 7.89. The zero-order valence-corrected chi connectivity index (χ0v) is 11.1. The van der Waals surface area contributed by atoms with Crippen LogP contribution in [0.4, 0.5) is 0 Å². The van der Waals surface area contributed by atoms with Gasteiger partial charge in [0.25, 0.3) is 0 Å². The third-order valence-corrected chi connectivity index (χ3v) is 4.63. The lowest BCUT2D eigenvalue weighted by Gasteiger charge is -2.03. The average Bonchev–Trinajstić information content (AvgIpc) is 2.88. The second kappa shape index (κ2) is 5.43. The first-order valence-electron chi connectivity index (χ1n) is 5.05. The van der Waals surface area contributed by atoms with Gasteiger partial charge in [0.2, 0.25) is 10.0 Å². The first kappa shape index (κ1) is 13.6. The van der Waals surface area contributed by atoms with Gasteiger partial charge >= 0.3 is 5.97 Å². The summed E-state index contributed by atoms with van der Waals surface area (Å²) in [6.45, 7) is 0.0170. The molecule has 2 rings (SSSR count). The molecule has 0 aliphatic carbocycles. The third kappa shape index (κ3) is 3.34. The lowest BCUT2D eigenvalue weighted by atomic mass is 10.4. The van der Waals surface area contributed by atoms with E-state index in [9.17, 15) is 13.2 Å². The van der Waals surface area contributed by atoms with Gasteiger partial charge in [-0.25, -0.2) is 27.9 Å². The number of rotatable bonds is 5. The number of carbonyl (C=O) groups is 1. The van der Waals surface area contributed by atoms with E-state index in [4.69, 9.17) is 5.11 Å². The Hall–Kier alpha value is -1.84. The van der Waals surface area contributed by atoms with E-state index in [2.05, 4.69) is 14.7 Å². The second-order valence-corrected chi connectivity index (χ2v) is 6.16. The molecule has 0 saturated carbocycles. The molecule has 7 nitrogen and oxygen atoms in total. The molecule has 0 fully saturated rings.